The lowest BCUT2D eigenvalue weighted by Gasteiger charge is -2.30. The third-order valence-electron chi connectivity index (χ3n) is 5.33. The number of benzene rings is 1. The quantitative estimate of drug-likeness (QED) is 0.707. The molecule has 1 fully saturated rings. The highest BCUT2D eigenvalue weighted by Crippen LogP contribution is 2.42. The summed E-state index contributed by atoms with van der Waals surface area (Å²) in [5, 5.41) is 5.50. The minimum Gasteiger partial charge on any atom is -0.459 e. The smallest absolute Gasteiger partial charge is 0.338 e. The maximum absolute atomic E-state index is 13.0. The standard InChI is InChI=1S/C19H21BrN2O5/c1-9-4-3-5-13(9)27-18(23)16-10(2)21-19(24)22-17(16)11-6-14-15(7-12(11)20)26-8-25-14/h6-7,9,13,17H,3-5,8H2,1-2H3,(H2,21,22,24). The van der Waals surface area contributed by atoms with E-state index in [1.54, 1.807) is 19.1 Å². The van der Waals surface area contributed by atoms with Gasteiger partial charge in [0.1, 0.15) is 6.10 Å². The first-order chi connectivity index (χ1) is 12.9. The van der Waals surface area contributed by atoms with E-state index in [0.717, 1.165) is 19.3 Å². The fourth-order valence-electron chi connectivity index (χ4n) is 3.84. The van der Waals surface area contributed by atoms with E-state index in [1.807, 2.05) is 0 Å². The van der Waals surface area contributed by atoms with Crippen molar-refractivity contribution in [3.63, 3.8) is 0 Å². The van der Waals surface area contributed by atoms with Gasteiger partial charge in [0.2, 0.25) is 6.79 Å². The van der Waals surface area contributed by atoms with Crippen molar-refractivity contribution in [3.8, 4) is 11.5 Å². The molecular formula is C19H21BrN2O5. The third-order valence-corrected chi connectivity index (χ3v) is 6.02. The molecule has 0 saturated heterocycles. The van der Waals surface area contributed by atoms with Crippen LogP contribution >= 0.6 is 15.9 Å². The van der Waals surface area contributed by atoms with E-state index < -0.39 is 12.0 Å². The van der Waals surface area contributed by atoms with Crippen LogP contribution in [0.1, 0.15) is 44.7 Å². The van der Waals surface area contributed by atoms with Crippen LogP contribution in [0.25, 0.3) is 0 Å². The molecule has 1 aromatic rings. The molecule has 3 atom stereocenters. The van der Waals surface area contributed by atoms with E-state index in [9.17, 15) is 9.59 Å². The molecule has 0 spiro atoms. The maximum atomic E-state index is 13.0. The summed E-state index contributed by atoms with van der Waals surface area (Å²) in [6, 6.07) is 2.55. The molecule has 2 amide bonds. The van der Waals surface area contributed by atoms with Gasteiger partial charge in [-0.1, -0.05) is 22.9 Å². The number of allylic oxidation sites excluding steroid dienone is 1. The molecule has 2 aliphatic heterocycles. The molecule has 1 aliphatic carbocycles. The Morgan fingerprint density at radius 1 is 1.26 bits per heavy atom. The molecule has 4 rings (SSSR count). The monoisotopic (exact) mass is 436 g/mol. The number of hydrogen-bond acceptors (Lipinski definition) is 5. The van der Waals surface area contributed by atoms with Gasteiger partial charge in [0.15, 0.2) is 11.5 Å². The van der Waals surface area contributed by atoms with E-state index in [2.05, 4.69) is 33.5 Å². The number of rotatable bonds is 3. The number of halogens is 1. The van der Waals surface area contributed by atoms with Crippen LogP contribution in [-0.4, -0.2) is 24.9 Å². The highest BCUT2D eigenvalue weighted by atomic mass is 79.9. The number of esters is 1. The highest BCUT2D eigenvalue weighted by molar-refractivity contribution is 9.10. The Hall–Kier alpha value is -2.22. The number of amides is 2. The zero-order valence-electron chi connectivity index (χ0n) is 15.1. The molecule has 2 heterocycles. The largest absolute Gasteiger partial charge is 0.459 e. The lowest BCUT2D eigenvalue weighted by Crippen LogP contribution is -2.45. The lowest BCUT2D eigenvalue weighted by molar-refractivity contribution is -0.146. The average molecular weight is 437 g/mol. The molecule has 27 heavy (non-hydrogen) atoms. The van der Waals surface area contributed by atoms with Crippen LogP contribution in [-0.2, 0) is 9.53 Å². The zero-order chi connectivity index (χ0) is 19.1. The van der Waals surface area contributed by atoms with Gasteiger partial charge >= 0.3 is 12.0 Å². The number of urea groups is 1. The van der Waals surface area contributed by atoms with Gasteiger partial charge in [0.25, 0.3) is 0 Å². The molecule has 0 bridgehead atoms. The van der Waals surface area contributed by atoms with Crippen molar-refractivity contribution in [2.24, 2.45) is 5.92 Å². The Labute approximate surface area is 165 Å². The molecule has 1 saturated carbocycles. The van der Waals surface area contributed by atoms with Crippen LogP contribution in [0.2, 0.25) is 0 Å². The number of ether oxygens (including phenoxy) is 3. The van der Waals surface area contributed by atoms with Crippen molar-refractivity contribution in [2.45, 2.75) is 45.3 Å². The van der Waals surface area contributed by atoms with E-state index in [1.165, 1.54) is 0 Å². The van der Waals surface area contributed by atoms with Crippen LogP contribution in [0.3, 0.4) is 0 Å². The first kappa shape index (κ1) is 18.2. The Kier molecular flexibility index (Phi) is 4.75. The molecule has 2 N–H and O–H groups in total. The molecule has 3 aliphatic rings. The minimum atomic E-state index is -0.646. The first-order valence-electron chi connectivity index (χ1n) is 9.02. The molecule has 0 radical (unpaired) electrons. The first-order valence-corrected chi connectivity index (χ1v) is 9.81. The second-order valence-corrected chi connectivity index (χ2v) is 8.00. The molecule has 1 aromatic carbocycles. The van der Waals surface area contributed by atoms with Gasteiger partial charge in [-0.25, -0.2) is 9.59 Å². The fourth-order valence-corrected chi connectivity index (χ4v) is 4.39. The number of hydrogen-bond donors (Lipinski definition) is 2. The van der Waals surface area contributed by atoms with Gasteiger partial charge in [0, 0.05) is 10.2 Å². The normalized spacial score (nSPS) is 26.6. The topological polar surface area (TPSA) is 85.9 Å². The summed E-state index contributed by atoms with van der Waals surface area (Å²) in [6.45, 7) is 3.95. The summed E-state index contributed by atoms with van der Waals surface area (Å²) in [7, 11) is 0. The maximum Gasteiger partial charge on any atom is 0.338 e. The molecular weight excluding hydrogens is 416 g/mol. The second-order valence-electron chi connectivity index (χ2n) is 7.15. The third kappa shape index (κ3) is 3.38. The number of carbonyl (C=O) groups excluding carboxylic acids is 2. The summed E-state index contributed by atoms with van der Waals surface area (Å²) < 4.78 is 17.3. The number of nitrogens with one attached hydrogen (secondary N) is 2. The number of fused-ring (bicyclic) bond motifs is 1. The molecule has 0 aromatic heterocycles. The molecule has 3 unspecified atom stereocenters. The highest BCUT2D eigenvalue weighted by Gasteiger charge is 2.36. The summed E-state index contributed by atoms with van der Waals surface area (Å²) >= 11 is 3.52. The van der Waals surface area contributed by atoms with Crippen molar-refractivity contribution in [1.82, 2.24) is 10.6 Å². The van der Waals surface area contributed by atoms with Crippen molar-refractivity contribution < 1.29 is 23.8 Å². The summed E-state index contributed by atoms with van der Waals surface area (Å²) in [5.41, 5.74) is 1.59. The SMILES string of the molecule is CC1=C(C(=O)OC2CCCC2C)C(c2cc3c(cc2Br)OCO3)NC(=O)N1. The zero-order valence-corrected chi connectivity index (χ0v) is 16.7. The van der Waals surface area contributed by atoms with Gasteiger partial charge in [-0.2, -0.15) is 0 Å². The van der Waals surface area contributed by atoms with Crippen molar-refractivity contribution in [2.75, 3.05) is 6.79 Å². The van der Waals surface area contributed by atoms with Crippen LogP contribution < -0.4 is 20.1 Å². The predicted molar refractivity (Wildman–Crippen MR) is 100 cm³/mol. The summed E-state index contributed by atoms with van der Waals surface area (Å²) in [6.07, 6.45) is 2.90. The fraction of sp³-hybridized carbons (Fsp3) is 0.474. The van der Waals surface area contributed by atoms with Crippen LogP contribution in [0.5, 0.6) is 11.5 Å². The number of carbonyl (C=O) groups is 2. The van der Waals surface area contributed by atoms with Crippen molar-refractivity contribution in [3.05, 3.63) is 33.4 Å². The summed E-state index contributed by atoms with van der Waals surface area (Å²) in [5.74, 6) is 1.14. The Balaban J connectivity index is 1.68. The van der Waals surface area contributed by atoms with E-state index in [0.29, 0.717) is 38.7 Å². The van der Waals surface area contributed by atoms with Crippen LogP contribution in [0.4, 0.5) is 4.79 Å². The van der Waals surface area contributed by atoms with Gasteiger partial charge in [-0.3, -0.25) is 0 Å². The van der Waals surface area contributed by atoms with Gasteiger partial charge in [-0.05, 0) is 49.8 Å². The Morgan fingerprint density at radius 3 is 2.70 bits per heavy atom. The van der Waals surface area contributed by atoms with E-state index in [4.69, 9.17) is 14.2 Å². The van der Waals surface area contributed by atoms with Gasteiger partial charge < -0.3 is 24.8 Å². The summed E-state index contributed by atoms with van der Waals surface area (Å²) in [4.78, 5) is 25.1. The van der Waals surface area contributed by atoms with E-state index >= 15 is 0 Å². The second kappa shape index (κ2) is 7.07. The Bertz CT molecular complexity index is 838. The minimum absolute atomic E-state index is 0.0868. The van der Waals surface area contributed by atoms with E-state index in [-0.39, 0.29) is 18.9 Å². The van der Waals surface area contributed by atoms with Gasteiger partial charge in [-0.15, -0.1) is 0 Å². The van der Waals surface area contributed by atoms with Gasteiger partial charge in [0.05, 0.1) is 11.6 Å². The average Bonchev–Trinajstić information content (AvgIpc) is 3.22. The molecule has 144 valence electrons. The lowest BCUT2D eigenvalue weighted by atomic mass is 9.95. The molecule has 7 nitrogen and oxygen atoms in total. The van der Waals surface area contributed by atoms with Crippen LogP contribution in [0.15, 0.2) is 27.9 Å². The van der Waals surface area contributed by atoms with Crippen molar-refractivity contribution >= 4 is 27.9 Å². The predicted octanol–water partition coefficient (Wildman–Crippen LogP) is 3.54. The molecule has 8 heteroatoms. The Morgan fingerprint density at radius 2 is 2.00 bits per heavy atom. The van der Waals surface area contributed by atoms with Crippen LogP contribution in [0, 0.1) is 5.92 Å². The van der Waals surface area contributed by atoms with Crippen molar-refractivity contribution in [1.29, 1.82) is 0 Å².